The van der Waals surface area contributed by atoms with Crippen molar-refractivity contribution in [3.05, 3.63) is 29.0 Å². The van der Waals surface area contributed by atoms with E-state index in [-0.39, 0.29) is 16.4 Å². The van der Waals surface area contributed by atoms with Crippen LogP contribution in [0.2, 0.25) is 5.02 Å². The van der Waals surface area contributed by atoms with Crippen molar-refractivity contribution in [2.75, 3.05) is 5.88 Å². The minimum atomic E-state index is -0.509. The van der Waals surface area contributed by atoms with Crippen molar-refractivity contribution < 1.29 is 9.13 Å². The van der Waals surface area contributed by atoms with Crippen molar-refractivity contribution in [1.29, 1.82) is 0 Å². The summed E-state index contributed by atoms with van der Waals surface area (Å²) in [4.78, 5) is 0. The molecule has 2 rings (SSSR count). The predicted molar refractivity (Wildman–Crippen MR) is 54.7 cm³/mol. The lowest BCUT2D eigenvalue weighted by molar-refractivity contribution is 0.194. The second kappa shape index (κ2) is 3.59. The van der Waals surface area contributed by atoms with Crippen LogP contribution in [-0.4, -0.2) is 11.5 Å². The molecule has 14 heavy (non-hydrogen) atoms. The molecule has 0 aliphatic heterocycles. The first kappa shape index (κ1) is 10.1. The number of hydrogen-bond donors (Lipinski definition) is 0. The molecule has 76 valence electrons. The van der Waals surface area contributed by atoms with E-state index < -0.39 is 5.82 Å². The Morgan fingerprint density at radius 2 is 2.14 bits per heavy atom. The van der Waals surface area contributed by atoms with E-state index in [0.717, 1.165) is 12.8 Å². The molecule has 0 spiro atoms. The lowest BCUT2D eigenvalue weighted by atomic mass is 10.3. The van der Waals surface area contributed by atoms with Crippen LogP contribution in [0.1, 0.15) is 12.8 Å². The van der Waals surface area contributed by atoms with Crippen molar-refractivity contribution in [1.82, 2.24) is 0 Å². The van der Waals surface area contributed by atoms with Gasteiger partial charge >= 0.3 is 0 Å². The lowest BCUT2D eigenvalue weighted by Gasteiger charge is -2.15. The Kier molecular flexibility index (Phi) is 2.58. The topological polar surface area (TPSA) is 9.23 Å². The molecule has 0 bridgehead atoms. The molecule has 0 unspecified atom stereocenters. The van der Waals surface area contributed by atoms with Crippen molar-refractivity contribution in [3.63, 3.8) is 0 Å². The third kappa shape index (κ3) is 1.82. The molecule has 0 amide bonds. The molecule has 1 aliphatic carbocycles. The molecule has 0 saturated heterocycles. The number of benzene rings is 1. The first-order valence-electron chi connectivity index (χ1n) is 4.36. The van der Waals surface area contributed by atoms with Gasteiger partial charge in [-0.2, -0.15) is 0 Å². The largest absolute Gasteiger partial charge is 0.483 e. The third-order valence-corrected chi connectivity index (χ3v) is 3.07. The Morgan fingerprint density at radius 3 is 2.71 bits per heavy atom. The molecule has 0 aromatic heterocycles. The summed E-state index contributed by atoms with van der Waals surface area (Å²) >= 11 is 11.3. The Morgan fingerprint density at radius 1 is 1.43 bits per heavy atom. The number of ether oxygens (including phenoxy) is 1. The van der Waals surface area contributed by atoms with Crippen LogP contribution < -0.4 is 4.74 Å². The maximum absolute atomic E-state index is 13.4. The fraction of sp³-hybridized carbons (Fsp3) is 0.400. The SMILES string of the molecule is Fc1c(Cl)cccc1OC1(CCl)CC1. The average molecular weight is 235 g/mol. The number of alkyl halides is 1. The van der Waals surface area contributed by atoms with Crippen LogP contribution in [0.4, 0.5) is 4.39 Å². The molecule has 1 fully saturated rings. The maximum Gasteiger partial charge on any atom is 0.183 e. The summed E-state index contributed by atoms with van der Waals surface area (Å²) < 4.78 is 18.9. The molecule has 0 N–H and O–H groups in total. The first-order chi connectivity index (χ1) is 6.67. The van der Waals surface area contributed by atoms with Gasteiger partial charge in [-0.25, -0.2) is 4.39 Å². The molecule has 0 heterocycles. The molecule has 1 nitrogen and oxygen atoms in total. The van der Waals surface area contributed by atoms with Crippen LogP contribution in [0.5, 0.6) is 5.75 Å². The van der Waals surface area contributed by atoms with E-state index in [4.69, 9.17) is 27.9 Å². The Balaban J connectivity index is 2.21. The van der Waals surface area contributed by atoms with Crippen LogP contribution in [0.25, 0.3) is 0 Å². The van der Waals surface area contributed by atoms with Crippen molar-refractivity contribution in [3.8, 4) is 5.75 Å². The molecule has 1 aromatic carbocycles. The van der Waals surface area contributed by atoms with E-state index in [1.165, 1.54) is 6.07 Å². The van der Waals surface area contributed by atoms with Gasteiger partial charge in [-0.15, -0.1) is 11.6 Å². The van der Waals surface area contributed by atoms with Gasteiger partial charge in [0, 0.05) is 0 Å². The molecular formula is C10H9Cl2FO. The number of rotatable bonds is 3. The van der Waals surface area contributed by atoms with Gasteiger partial charge in [-0.1, -0.05) is 17.7 Å². The molecule has 1 aliphatic rings. The summed E-state index contributed by atoms with van der Waals surface area (Å²) in [5.41, 5.74) is -0.354. The molecule has 1 saturated carbocycles. The normalized spacial score (nSPS) is 17.9. The summed E-state index contributed by atoms with van der Waals surface area (Å²) in [6.07, 6.45) is 1.75. The average Bonchev–Trinajstić information content (AvgIpc) is 2.94. The van der Waals surface area contributed by atoms with Gasteiger partial charge in [0.1, 0.15) is 5.60 Å². The van der Waals surface area contributed by atoms with Gasteiger partial charge in [-0.05, 0) is 25.0 Å². The van der Waals surface area contributed by atoms with Crippen molar-refractivity contribution in [2.45, 2.75) is 18.4 Å². The minimum absolute atomic E-state index is 0.0767. The van der Waals surface area contributed by atoms with E-state index in [1.54, 1.807) is 12.1 Å². The highest BCUT2D eigenvalue weighted by Gasteiger charge is 2.45. The third-order valence-electron chi connectivity index (χ3n) is 2.29. The zero-order chi connectivity index (χ0) is 10.2. The summed E-state index contributed by atoms with van der Waals surface area (Å²) in [7, 11) is 0. The maximum atomic E-state index is 13.4. The summed E-state index contributed by atoms with van der Waals surface area (Å²) in [5, 5.41) is 0.0767. The summed E-state index contributed by atoms with van der Waals surface area (Å²) in [6, 6.07) is 4.71. The molecule has 0 atom stereocenters. The molecule has 4 heteroatoms. The quantitative estimate of drug-likeness (QED) is 0.727. The molecule has 1 aromatic rings. The second-order valence-electron chi connectivity index (χ2n) is 3.47. The van der Waals surface area contributed by atoms with Crippen molar-refractivity contribution >= 4 is 23.2 Å². The lowest BCUT2D eigenvalue weighted by Crippen LogP contribution is -2.20. The highest BCUT2D eigenvalue weighted by atomic mass is 35.5. The van der Waals surface area contributed by atoms with Gasteiger partial charge in [0.15, 0.2) is 11.6 Å². The Bertz CT molecular complexity index is 350. The van der Waals surface area contributed by atoms with Gasteiger partial charge in [0.2, 0.25) is 0 Å². The zero-order valence-electron chi connectivity index (χ0n) is 7.40. The first-order valence-corrected chi connectivity index (χ1v) is 5.27. The van der Waals surface area contributed by atoms with Crippen LogP contribution in [0.15, 0.2) is 18.2 Å². The zero-order valence-corrected chi connectivity index (χ0v) is 8.91. The number of halogens is 3. The summed E-state index contributed by atoms with van der Waals surface area (Å²) in [5.74, 6) is 0.0695. The van der Waals surface area contributed by atoms with E-state index in [1.807, 2.05) is 0 Å². The van der Waals surface area contributed by atoms with Crippen LogP contribution >= 0.6 is 23.2 Å². The van der Waals surface area contributed by atoms with Gasteiger partial charge in [0.25, 0.3) is 0 Å². The highest BCUT2D eigenvalue weighted by Crippen LogP contribution is 2.42. The van der Waals surface area contributed by atoms with E-state index in [9.17, 15) is 4.39 Å². The van der Waals surface area contributed by atoms with Gasteiger partial charge < -0.3 is 4.74 Å². The number of hydrogen-bond acceptors (Lipinski definition) is 1. The monoisotopic (exact) mass is 234 g/mol. The van der Waals surface area contributed by atoms with E-state index in [2.05, 4.69) is 0 Å². The van der Waals surface area contributed by atoms with Crippen LogP contribution in [0, 0.1) is 5.82 Å². The fourth-order valence-electron chi connectivity index (χ4n) is 1.20. The Labute approximate surface area is 91.8 Å². The van der Waals surface area contributed by atoms with Gasteiger partial charge in [0.05, 0.1) is 10.9 Å². The van der Waals surface area contributed by atoms with Crippen molar-refractivity contribution in [2.24, 2.45) is 0 Å². The van der Waals surface area contributed by atoms with E-state index in [0.29, 0.717) is 5.88 Å². The molecular weight excluding hydrogens is 226 g/mol. The minimum Gasteiger partial charge on any atom is -0.483 e. The smallest absolute Gasteiger partial charge is 0.183 e. The fourth-order valence-corrected chi connectivity index (χ4v) is 1.69. The Hall–Kier alpha value is -0.470. The second-order valence-corrected chi connectivity index (χ2v) is 4.15. The highest BCUT2D eigenvalue weighted by molar-refractivity contribution is 6.30. The predicted octanol–water partition coefficient (Wildman–Crippen LogP) is 3.63. The van der Waals surface area contributed by atoms with Gasteiger partial charge in [-0.3, -0.25) is 0 Å². The summed E-state index contributed by atoms with van der Waals surface area (Å²) in [6.45, 7) is 0. The molecule has 0 radical (unpaired) electrons. The van der Waals surface area contributed by atoms with Crippen LogP contribution in [0.3, 0.4) is 0 Å². The van der Waals surface area contributed by atoms with E-state index >= 15 is 0 Å². The standard InChI is InChI=1S/C10H9Cl2FO/c11-6-10(4-5-10)14-8-3-1-2-7(12)9(8)13/h1-3H,4-6H2. The van der Waals surface area contributed by atoms with Crippen LogP contribution in [-0.2, 0) is 0 Å².